The Hall–Kier alpha value is -1.55. The van der Waals surface area contributed by atoms with Gasteiger partial charge in [-0.2, -0.15) is 0 Å². The lowest BCUT2D eigenvalue weighted by atomic mass is 9.83. The molecule has 0 heterocycles. The van der Waals surface area contributed by atoms with Gasteiger partial charge in [0.1, 0.15) is 6.61 Å². The average molecular weight is 293 g/mol. The van der Waals surface area contributed by atoms with E-state index in [2.05, 4.69) is 5.32 Å². The van der Waals surface area contributed by atoms with Crippen molar-refractivity contribution < 1.29 is 14.6 Å². The number of rotatable bonds is 7. The molecule has 2 atom stereocenters. The third kappa shape index (κ3) is 5.76. The molecule has 0 saturated heterocycles. The average Bonchev–Trinajstić information content (AvgIpc) is 2.45. The van der Waals surface area contributed by atoms with Crippen molar-refractivity contribution in [1.82, 2.24) is 5.32 Å². The zero-order valence-corrected chi connectivity index (χ0v) is 13.4. The van der Waals surface area contributed by atoms with E-state index in [0.717, 1.165) is 5.56 Å². The van der Waals surface area contributed by atoms with E-state index < -0.39 is 6.09 Å². The van der Waals surface area contributed by atoms with E-state index in [1.807, 2.05) is 58.0 Å². The van der Waals surface area contributed by atoms with E-state index in [-0.39, 0.29) is 37.0 Å². The second-order valence-corrected chi connectivity index (χ2v) is 6.07. The minimum Gasteiger partial charge on any atom is -0.445 e. The highest BCUT2D eigenvalue weighted by Gasteiger charge is 2.28. The molecule has 0 saturated carbocycles. The summed E-state index contributed by atoms with van der Waals surface area (Å²) in [5, 5.41) is 12.4. The van der Waals surface area contributed by atoms with Crippen molar-refractivity contribution in [1.29, 1.82) is 0 Å². The van der Waals surface area contributed by atoms with Gasteiger partial charge in [-0.1, -0.05) is 58.0 Å². The fourth-order valence-electron chi connectivity index (χ4n) is 2.41. The fraction of sp³-hybridized carbons (Fsp3) is 0.588. The summed E-state index contributed by atoms with van der Waals surface area (Å²) < 4.78 is 5.25. The SMILES string of the molecule is CC(C)C(CO)C(NC(=O)OCc1ccccc1)C(C)C. The van der Waals surface area contributed by atoms with Crippen LogP contribution < -0.4 is 5.32 Å². The van der Waals surface area contributed by atoms with Gasteiger partial charge in [0.2, 0.25) is 0 Å². The van der Waals surface area contributed by atoms with Gasteiger partial charge in [0.05, 0.1) is 0 Å². The van der Waals surface area contributed by atoms with Crippen LogP contribution in [-0.4, -0.2) is 23.8 Å². The molecule has 4 heteroatoms. The van der Waals surface area contributed by atoms with Gasteiger partial charge in [-0.25, -0.2) is 4.79 Å². The summed E-state index contributed by atoms with van der Waals surface area (Å²) >= 11 is 0. The number of alkyl carbamates (subject to hydrolysis) is 1. The maximum atomic E-state index is 12.0. The van der Waals surface area contributed by atoms with Gasteiger partial charge in [0, 0.05) is 18.6 Å². The highest BCUT2D eigenvalue weighted by molar-refractivity contribution is 5.67. The molecule has 0 aliphatic heterocycles. The van der Waals surface area contributed by atoms with Crippen molar-refractivity contribution in [2.75, 3.05) is 6.61 Å². The summed E-state index contributed by atoms with van der Waals surface area (Å²) in [5.74, 6) is 0.542. The zero-order chi connectivity index (χ0) is 15.8. The standard InChI is InChI=1S/C17H27NO3/c1-12(2)15(10-19)16(13(3)4)18-17(20)21-11-14-8-6-5-7-9-14/h5-9,12-13,15-16,19H,10-11H2,1-4H3,(H,18,20). The number of carbonyl (C=O) groups excluding carboxylic acids is 1. The molecule has 1 rings (SSSR count). The number of amides is 1. The molecule has 1 amide bonds. The lowest BCUT2D eigenvalue weighted by Crippen LogP contribution is -2.47. The first kappa shape index (κ1) is 17.5. The summed E-state index contributed by atoms with van der Waals surface area (Å²) in [6.07, 6.45) is -0.434. The number of aliphatic hydroxyl groups excluding tert-OH is 1. The highest BCUT2D eigenvalue weighted by atomic mass is 16.5. The molecular weight excluding hydrogens is 266 g/mol. The molecule has 4 nitrogen and oxygen atoms in total. The number of hydrogen-bond donors (Lipinski definition) is 2. The summed E-state index contributed by atoms with van der Waals surface area (Å²) in [6.45, 7) is 8.48. The molecule has 0 bridgehead atoms. The minimum atomic E-state index is -0.434. The van der Waals surface area contributed by atoms with Gasteiger partial charge < -0.3 is 15.2 Å². The first-order chi connectivity index (χ1) is 9.95. The fourth-order valence-corrected chi connectivity index (χ4v) is 2.41. The Kier molecular flexibility index (Phi) is 7.23. The van der Waals surface area contributed by atoms with E-state index in [9.17, 15) is 9.90 Å². The van der Waals surface area contributed by atoms with Gasteiger partial charge in [-0.15, -0.1) is 0 Å². The summed E-state index contributed by atoms with van der Waals surface area (Å²) in [6, 6.07) is 9.48. The van der Waals surface area contributed by atoms with Crippen molar-refractivity contribution in [3.8, 4) is 0 Å². The molecular formula is C17H27NO3. The Bertz CT molecular complexity index is 417. The Morgan fingerprint density at radius 1 is 1.14 bits per heavy atom. The monoisotopic (exact) mass is 293 g/mol. The molecule has 0 aliphatic carbocycles. The van der Waals surface area contributed by atoms with Crippen LogP contribution in [-0.2, 0) is 11.3 Å². The van der Waals surface area contributed by atoms with Gasteiger partial charge in [-0.05, 0) is 17.4 Å². The maximum Gasteiger partial charge on any atom is 0.407 e. The molecule has 1 aromatic rings. The van der Waals surface area contributed by atoms with E-state index in [1.165, 1.54) is 0 Å². The van der Waals surface area contributed by atoms with Crippen LogP contribution in [0.1, 0.15) is 33.3 Å². The normalized spacial score (nSPS) is 14.0. The molecule has 0 spiro atoms. The van der Waals surface area contributed by atoms with Crippen molar-refractivity contribution in [3.63, 3.8) is 0 Å². The number of hydrogen-bond acceptors (Lipinski definition) is 3. The third-order valence-corrected chi connectivity index (χ3v) is 3.74. The molecule has 2 unspecified atom stereocenters. The number of nitrogens with one attached hydrogen (secondary N) is 1. The van der Waals surface area contributed by atoms with Crippen LogP contribution in [0.15, 0.2) is 30.3 Å². The van der Waals surface area contributed by atoms with Crippen molar-refractivity contribution in [2.45, 2.75) is 40.3 Å². The Labute approximate surface area is 127 Å². The predicted molar refractivity (Wildman–Crippen MR) is 83.8 cm³/mol. The van der Waals surface area contributed by atoms with Crippen molar-refractivity contribution in [2.24, 2.45) is 17.8 Å². The van der Waals surface area contributed by atoms with Crippen LogP contribution in [0.4, 0.5) is 4.79 Å². The van der Waals surface area contributed by atoms with Crippen LogP contribution in [0.5, 0.6) is 0 Å². The van der Waals surface area contributed by atoms with Gasteiger partial charge in [0.25, 0.3) is 0 Å². The van der Waals surface area contributed by atoms with Gasteiger partial charge >= 0.3 is 6.09 Å². The van der Waals surface area contributed by atoms with Crippen LogP contribution in [0.25, 0.3) is 0 Å². The molecule has 0 aromatic heterocycles. The molecule has 0 aliphatic rings. The van der Waals surface area contributed by atoms with E-state index in [1.54, 1.807) is 0 Å². The molecule has 0 radical (unpaired) electrons. The molecule has 2 N–H and O–H groups in total. The molecule has 0 fully saturated rings. The van der Waals surface area contributed by atoms with E-state index in [0.29, 0.717) is 0 Å². The lowest BCUT2D eigenvalue weighted by Gasteiger charge is -2.32. The number of benzene rings is 1. The Balaban J connectivity index is 2.56. The summed E-state index contributed by atoms with van der Waals surface area (Å²) in [7, 11) is 0. The topological polar surface area (TPSA) is 58.6 Å². The number of aliphatic hydroxyl groups is 1. The van der Waals surface area contributed by atoms with Crippen LogP contribution >= 0.6 is 0 Å². The molecule has 21 heavy (non-hydrogen) atoms. The Morgan fingerprint density at radius 2 is 1.76 bits per heavy atom. The maximum absolute atomic E-state index is 12.0. The smallest absolute Gasteiger partial charge is 0.407 e. The first-order valence-electron chi connectivity index (χ1n) is 7.53. The second kappa shape index (κ2) is 8.67. The molecule has 118 valence electrons. The number of ether oxygens (including phenoxy) is 1. The summed E-state index contributed by atoms with van der Waals surface area (Å²) in [4.78, 5) is 12.0. The number of carbonyl (C=O) groups is 1. The quantitative estimate of drug-likeness (QED) is 0.811. The van der Waals surface area contributed by atoms with E-state index in [4.69, 9.17) is 4.74 Å². The lowest BCUT2D eigenvalue weighted by molar-refractivity contribution is 0.102. The van der Waals surface area contributed by atoms with Gasteiger partial charge in [0.15, 0.2) is 0 Å². The van der Waals surface area contributed by atoms with Crippen LogP contribution in [0.2, 0.25) is 0 Å². The van der Waals surface area contributed by atoms with Crippen LogP contribution in [0.3, 0.4) is 0 Å². The predicted octanol–water partition coefficient (Wildman–Crippen LogP) is 3.20. The largest absolute Gasteiger partial charge is 0.445 e. The zero-order valence-electron chi connectivity index (χ0n) is 13.4. The third-order valence-electron chi connectivity index (χ3n) is 3.74. The van der Waals surface area contributed by atoms with Crippen LogP contribution in [0, 0.1) is 17.8 Å². The van der Waals surface area contributed by atoms with Crippen molar-refractivity contribution in [3.05, 3.63) is 35.9 Å². The second-order valence-electron chi connectivity index (χ2n) is 6.07. The van der Waals surface area contributed by atoms with Gasteiger partial charge in [-0.3, -0.25) is 0 Å². The van der Waals surface area contributed by atoms with E-state index >= 15 is 0 Å². The van der Waals surface area contributed by atoms with Crippen molar-refractivity contribution >= 4 is 6.09 Å². The minimum absolute atomic E-state index is 0.0225. The highest BCUT2D eigenvalue weighted by Crippen LogP contribution is 2.21. The molecule has 1 aromatic carbocycles. The first-order valence-corrected chi connectivity index (χ1v) is 7.53. The summed E-state index contributed by atoms with van der Waals surface area (Å²) in [5.41, 5.74) is 0.955. The Morgan fingerprint density at radius 3 is 2.24 bits per heavy atom.